The molecule has 2 atom stereocenters. The number of rotatable bonds is 2. The van der Waals surface area contributed by atoms with Crippen molar-refractivity contribution in [3.05, 3.63) is 29.8 Å². The van der Waals surface area contributed by atoms with E-state index in [1.165, 1.54) is 25.7 Å². The molecule has 2 heterocycles. The first-order valence-electron chi connectivity index (χ1n) is 8.56. The molecule has 4 rings (SSSR count). The van der Waals surface area contributed by atoms with Crippen LogP contribution in [0, 0.1) is 11.8 Å². The van der Waals surface area contributed by atoms with Crippen molar-refractivity contribution in [3.63, 3.8) is 0 Å². The first kappa shape index (κ1) is 14.5. The van der Waals surface area contributed by atoms with Gasteiger partial charge in [-0.15, -0.1) is 0 Å². The molecular weight excluding hydrogens is 292 g/mol. The van der Waals surface area contributed by atoms with Crippen molar-refractivity contribution in [2.24, 2.45) is 11.8 Å². The second-order valence-corrected chi connectivity index (χ2v) is 6.83. The van der Waals surface area contributed by atoms with E-state index in [4.69, 9.17) is 4.74 Å². The third kappa shape index (κ3) is 2.69. The van der Waals surface area contributed by atoms with Crippen LogP contribution in [0.1, 0.15) is 36.0 Å². The van der Waals surface area contributed by atoms with Gasteiger partial charge < -0.3 is 9.64 Å². The smallest absolute Gasteiger partial charge is 0.414 e. The first-order chi connectivity index (χ1) is 11.2. The fourth-order valence-electron chi connectivity index (χ4n) is 4.19. The predicted octanol–water partition coefficient (Wildman–Crippen LogP) is 2.91. The number of carbonyl (C=O) groups is 2. The lowest BCUT2D eigenvalue weighted by molar-refractivity contribution is 0.0784. The summed E-state index contributed by atoms with van der Waals surface area (Å²) in [6, 6.07) is 7.36. The first-order valence-corrected chi connectivity index (χ1v) is 8.56. The lowest BCUT2D eigenvalue weighted by Crippen LogP contribution is -2.29. The highest BCUT2D eigenvalue weighted by Gasteiger charge is 2.36. The summed E-state index contributed by atoms with van der Waals surface area (Å²) in [7, 11) is 0. The molecule has 5 nitrogen and oxygen atoms in total. The van der Waals surface area contributed by atoms with E-state index in [0.29, 0.717) is 30.6 Å². The monoisotopic (exact) mass is 314 g/mol. The summed E-state index contributed by atoms with van der Waals surface area (Å²) < 4.78 is 4.98. The fourth-order valence-corrected chi connectivity index (χ4v) is 4.19. The molecule has 5 heteroatoms. The summed E-state index contributed by atoms with van der Waals surface area (Å²) in [6.45, 7) is 2.73. The normalized spacial score (nSPS) is 27.0. The number of hydrogen-bond acceptors (Lipinski definition) is 3. The van der Waals surface area contributed by atoms with E-state index in [9.17, 15) is 9.59 Å². The number of fused-ring (bicyclic) bond motifs is 1. The van der Waals surface area contributed by atoms with E-state index in [-0.39, 0.29) is 12.0 Å². The average molecular weight is 314 g/mol. The summed E-state index contributed by atoms with van der Waals surface area (Å²) >= 11 is 0. The Labute approximate surface area is 136 Å². The Balaban J connectivity index is 1.51. The van der Waals surface area contributed by atoms with Crippen LogP contribution in [0.15, 0.2) is 24.3 Å². The Kier molecular flexibility index (Phi) is 3.71. The van der Waals surface area contributed by atoms with Crippen LogP contribution >= 0.6 is 0 Å². The van der Waals surface area contributed by atoms with E-state index < -0.39 is 0 Å². The molecule has 1 aliphatic carbocycles. The van der Waals surface area contributed by atoms with Gasteiger partial charge in [-0.1, -0.05) is 18.9 Å². The van der Waals surface area contributed by atoms with Crippen molar-refractivity contribution >= 4 is 17.7 Å². The van der Waals surface area contributed by atoms with E-state index >= 15 is 0 Å². The van der Waals surface area contributed by atoms with Gasteiger partial charge in [-0.25, -0.2) is 4.79 Å². The van der Waals surface area contributed by atoms with E-state index in [1.807, 2.05) is 29.2 Å². The molecular formula is C18H22N2O3. The van der Waals surface area contributed by atoms with Gasteiger partial charge in [-0.2, -0.15) is 0 Å². The van der Waals surface area contributed by atoms with E-state index in [1.54, 1.807) is 4.90 Å². The highest BCUT2D eigenvalue weighted by atomic mass is 16.6. The maximum Gasteiger partial charge on any atom is 0.414 e. The van der Waals surface area contributed by atoms with Crippen LogP contribution in [0.4, 0.5) is 10.5 Å². The Morgan fingerprint density at radius 1 is 1.13 bits per heavy atom. The zero-order valence-electron chi connectivity index (χ0n) is 13.2. The van der Waals surface area contributed by atoms with Crippen LogP contribution in [-0.2, 0) is 4.74 Å². The van der Waals surface area contributed by atoms with Crippen LogP contribution in [-0.4, -0.2) is 43.1 Å². The zero-order valence-corrected chi connectivity index (χ0v) is 13.2. The minimum atomic E-state index is -0.332. The van der Waals surface area contributed by atoms with Gasteiger partial charge >= 0.3 is 6.09 Å². The van der Waals surface area contributed by atoms with Gasteiger partial charge in [0.1, 0.15) is 6.61 Å². The van der Waals surface area contributed by atoms with Crippen molar-refractivity contribution in [3.8, 4) is 0 Å². The molecule has 122 valence electrons. The Morgan fingerprint density at radius 3 is 2.52 bits per heavy atom. The predicted molar refractivity (Wildman–Crippen MR) is 86.5 cm³/mol. The van der Waals surface area contributed by atoms with Crippen LogP contribution in [0.2, 0.25) is 0 Å². The Hall–Kier alpha value is -2.04. The number of likely N-dealkylation sites (tertiary alicyclic amines) is 1. The summed E-state index contributed by atoms with van der Waals surface area (Å²) in [5.74, 6) is 1.46. The Morgan fingerprint density at radius 2 is 1.87 bits per heavy atom. The van der Waals surface area contributed by atoms with Crippen LogP contribution < -0.4 is 4.90 Å². The van der Waals surface area contributed by atoms with E-state index in [2.05, 4.69) is 0 Å². The van der Waals surface area contributed by atoms with Gasteiger partial charge in [-0.3, -0.25) is 9.69 Å². The number of hydrogen-bond donors (Lipinski definition) is 0. The van der Waals surface area contributed by atoms with Gasteiger partial charge in [0.25, 0.3) is 5.91 Å². The molecule has 2 aliphatic heterocycles. The molecule has 1 aromatic carbocycles. The topological polar surface area (TPSA) is 49.9 Å². The second kappa shape index (κ2) is 5.87. The summed E-state index contributed by atoms with van der Waals surface area (Å²) in [6.07, 6.45) is 4.79. The molecule has 2 amide bonds. The van der Waals surface area contributed by atoms with Crippen LogP contribution in [0.5, 0.6) is 0 Å². The number of carbonyl (C=O) groups excluding carboxylic acids is 2. The number of nitrogens with zero attached hydrogens (tertiary/aromatic N) is 2. The van der Waals surface area contributed by atoms with Crippen molar-refractivity contribution in [2.75, 3.05) is 31.1 Å². The highest BCUT2D eigenvalue weighted by Crippen LogP contribution is 2.36. The fraction of sp³-hybridized carbons (Fsp3) is 0.556. The molecule has 1 aromatic rings. The molecule has 0 radical (unpaired) electrons. The molecule has 0 N–H and O–H groups in total. The molecule has 3 fully saturated rings. The Bertz CT molecular complexity index is 616. The molecule has 0 aromatic heterocycles. The number of amides is 2. The number of ether oxygens (including phenoxy) is 1. The molecule has 23 heavy (non-hydrogen) atoms. The number of anilines is 1. The van der Waals surface area contributed by atoms with Gasteiger partial charge in [0.15, 0.2) is 0 Å². The SMILES string of the molecule is O=C(c1cccc(N2CCOC2=O)c1)N1C[C@H]2CCCC[C@@H]2C1. The minimum absolute atomic E-state index is 0.0915. The highest BCUT2D eigenvalue weighted by molar-refractivity contribution is 5.97. The van der Waals surface area contributed by atoms with Crippen molar-refractivity contribution in [1.82, 2.24) is 4.90 Å². The number of benzene rings is 1. The molecule has 1 saturated carbocycles. The lowest BCUT2D eigenvalue weighted by Gasteiger charge is -2.22. The van der Waals surface area contributed by atoms with Crippen molar-refractivity contribution in [2.45, 2.75) is 25.7 Å². The number of cyclic esters (lactones) is 1. The average Bonchev–Trinajstić information content (AvgIpc) is 3.20. The zero-order chi connectivity index (χ0) is 15.8. The quantitative estimate of drug-likeness (QED) is 0.843. The third-order valence-corrected chi connectivity index (χ3v) is 5.43. The van der Waals surface area contributed by atoms with Gasteiger partial charge in [-0.05, 0) is 42.9 Å². The van der Waals surface area contributed by atoms with E-state index in [0.717, 1.165) is 18.8 Å². The molecule has 0 spiro atoms. The van der Waals surface area contributed by atoms with Crippen molar-refractivity contribution < 1.29 is 14.3 Å². The van der Waals surface area contributed by atoms with Gasteiger partial charge in [0.2, 0.25) is 0 Å². The second-order valence-electron chi connectivity index (χ2n) is 6.83. The minimum Gasteiger partial charge on any atom is -0.447 e. The van der Waals surface area contributed by atoms with Gasteiger partial charge in [0.05, 0.1) is 6.54 Å². The van der Waals surface area contributed by atoms with Gasteiger partial charge in [0, 0.05) is 24.3 Å². The molecule has 0 unspecified atom stereocenters. The molecule has 2 saturated heterocycles. The lowest BCUT2D eigenvalue weighted by atomic mass is 9.82. The molecule has 0 bridgehead atoms. The summed E-state index contributed by atoms with van der Waals surface area (Å²) in [4.78, 5) is 28.1. The third-order valence-electron chi connectivity index (χ3n) is 5.43. The standard InChI is InChI=1S/C18H22N2O3/c21-17(19-11-14-4-1-2-5-15(14)12-19)13-6-3-7-16(10-13)20-8-9-23-18(20)22/h3,6-7,10,14-15H,1-2,4-5,8-9,11-12H2/t14-,15-/m1/s1. The van der Waals surface area contributed by atoms with Crippen LogP contribution in [0.3, 0.4) is 0 Å². The largest absolute Gasteiger partial charge is 0.447 e. The summed E-state index contributed by atoms with van der Waals surface area (Å²) in [5.41, 5.74) is 1.41. The van der Waals surface area contributed by atoms with Crippen LogP contribution in [0.25, 0.3) is 0 Å². The maximum atomic E-state index is 12.8. The van der Waals surface area contributed by atoms with Crippen molar-refractivity contribution in [1.29, 1.82) is 0 Å². The summed E-state index contributed by atoms with van der Waals surface area (Å²) in [5, 5.41) is 0. The molecule has 3 aliphatic rings. The maximum absolute atomic E-state index is 12.8.